The summed E-state index contributed by atoms with van der Waals surface area (Å²) in [5.41, 5.74) is 4.11. The molecule has 1 aliphatic heterocycles. The van der Waals surface area contributed by atoms with Crippen molar-refractivity contribution in [2.45, 2.75) is 19.6 Å². The van der Waals surface area contributed by atoms with Gasteiger partial charge in [0, 0.05) is 25.8 Å². The van der Waals surface area contributed by atoms with E-state index in [2.05, 4.69) is 38.8 Å². The normalized spacial score (nSPS) is 13.4. The molecular formula is C13H14N4. The molecule has 17 heavy (non-hydrogen) atoms. The second-order valence-electron chi connectivity index (χ2n) is 4.15. The van der Waals surface area contributed by atoms with Crippen LogP contribution in [0.3, 0.4) is 0 Å². The summed E-state index contributed by atoms with van der Waals surface area (Å²) >= 11 is 0. The molecule has 0 spiro atoms. The van der Waals surface area contributed by atoms with Crippen LogP contribution in [-0.4, -0.2) is 9.97 Å². The molecule has 0 atom stereocenters. The predicted molar refractivity (Wildman–Crippen MR) is 66.3 cm³/mol. The predicted octanol–water partition coefficient (Wildman–Crippen LogP) is 1.69. The third-order valence-electron chi connectivity index (χ3n) is 2.96. The van der Waals surface area contributed by atoms with Crippen molar-refractivity contribution in [3.8, 4) is 0 Å². The molecule has 1 aromatic carbocycles. The molecule has 0 saturated carbocycles. The van der Waals surface area contributed by atoms with E-state index >= 15 is 0 Å². The van der Waals surface area contributed by atoms with Gasteiger partial charge >= 0.3 is 0 Å². The van der Waals surface area contributed by atoms with Crippen LogP contribution < -0.4 is 10.6 Å². The molecule has 2 heterocycles. The first-order valence-corrected chi connectivity index (χ1v) is 5.73. The number of nitrogens with one attached hydrogen (secondary N) is 2. The summed E-state index contributed by atoms with van der Waals surface area (Å²) in [6.45, 7) is 2.77. The standard InChI is InChI=1S/C13H14N4/c1-2-11-7-15-8-12(11)5-10(1)6-16-13-3-4-14-9-17-13/h1-5,9,15H,6-8H2,(H,14,16,17). The van der Waals surface area contributed by atoms with Crippen LogP contribution >= 0.6 is 0 Å². The Balaban J connectivity index is 1.70. The van der Waals surface area contributed by atoms with Crippen molar-refractivity contribution in [1.82, 2.24) is 15.3 Å². The highest BCUT2D eigenvalue weighted by Crippen LogP contribution is 2.17. The summed E-state index contributed by atoms with van der Waals surface area (Å²) in [7, 11) is 0. The Bertz CT molecular complexity index is 510. The van der Waals surface area contributed by atoms with Gasteiger partial charge in [0.2, 0.25) is 0 Å². The average Bonchev–Trinajstić information content (AvgIpc) is 2.85. The van der Waals surface area contributed by atoms with Gasteiger partial charge in [0.05, 0.1) is 0 Å². The SMILES string of the molecule is c1cc(NCc2ccc3c(c2)CNC3)ncn1. The monoisotopic (exact) mass is 226 g/mol. The summed E-state index contributed by atoms with van der Waals surface area (Å²) in [5, 5.41) is 6.63. The molecule has 0 bridgehead atoms. The lowest BCUT2D eigenvalue weighted by Crippen LogP contribution is -2.02. The van der Waals surface area contributed by atoms with Gasteiger partial charge in [0.15, 0.2) is 0 Å². The van der Waals surface area contributed by atoms with Crippen LogP contribution in [0.25, 0.3) is 0 Å². The highest BCUT2D eigenvalue weighted by molar-refractivity contribution is 5.38. The molecule has 0 fully saturated rings. The first kappa shape index (κ1) is 10.2. The summed E-state index contributed by atoms with van der Waals surface area (Å²) in [4.78, 5) is 8.02. The number of rotatable bonds is 3. The van der Waals surface area contributed by atoms with Crippen LogP contribution in [0, 0.1) is 0 Å². The molecule has 2 N–H and O–H groups in total. The molecule has 0 aliphatic carbocycles. The van der Waals surface area contributed by atoms with E-state index < -0.39 is 0 Å². The summed E-state index contributed by atoms with van der Waals surface area (Å²) in [6.07, 6.45) is 3.29. The molecule has 0 amide bonds. The van der Waals surface area contributed by atoms with E-state index in [0.717, 1.165) is 25.5 Å². The minimum atomic E-state index is 0.796. The van der Waals surface area contributed by atoms with E-state index in [0.29, 0.717) is 0 Å². The smallest absolute Gasteiger partial charge is 0.129 e. The Labute approximate surface area is 100 Å². The molecule has 4 nitrogen and oxygen atoms in total. The number of fused-ring (bicyclic) bond motifs is 1. The maximum atomic E-state index is 4.13. The van der Waals surface area contributed by atoms with Crippen molar-refractivity contribution in [3.05, 3.63) is 53.5 Å². The van der Waals surface area contributed by atoms with Crippen LogP contribution in [0.4, 0.5) is 5.82 Å². The Hall–Kier alpha value is -1.94. The van der Waals surface area contributed by atoms with Crippen LogP contribution in [0.15, 0.2) is 36.8 Å². The first-order valence-electron chi connectivity index (χ1n) is 5.73. The lowest BCUT2D eigenvalue weighted by Gasteiger charge is -2.06. The van der Waals surface area contributed by atoms with Crippen LogP contribution in [-0.2, 0) is 19.6 Å². The Morgan fingerprint density at radius 2 is 2.12 bits per heavy atom. The molecule has 0 radical (unpaired) electrons. The van der Waals surface area contributed by atoms with Gasteiger partial charge < -0.3 is 10.6 Å². The summed E-state index contributed by atoms with van der Waals surface area (Å²) in [6, 6.07) is 8.49. The average molecular weight is 226 g/mol. The van der Waals surface area contributed by atoms with E-state index in [1.807, 2.05) is 6.07 Å². The number of anilines is 1. The van der Waals surface area contributed by atoms with E-state index in [9.17, 15) is 0 Å². The molecule has 4 heteroatoms. The fraction of sp³-hybridized carbons (Fsp3) is 0.231. The maximum absolute atomic E-state index is 4.13. The molecule has 0 saturated heterocycles. The zero-order valence-corrected chi connectivity index (χ0v) is 9.48. The molecule has 1 aromatic heterocycles. The van der Waals surface area contributed by atoms with E-state index in [1.54, 1.807) is 12.5 Å². The zero-order chi connectivity index (χ0) is 11.5. The molecule has 3 rings (SSSR count). The minimum Gasteiger partial charge on any atom is -0.366 e. The third kappa shape index (κ3) is 2.26. The number of aromatic nitrogens is 2. The number of benzene rings is 1. The number of hydrogen-bond acceptors (Lipinski definition) is 4. The summed E-state index contributed by atoms with van der Waals surface area (Å²) < 4.78 is 0. The highest BCUT2D eigenvalue weighted by Gasteiger charge is 2.09. The zero-order valence-electron chi connectivity index (χ0n) is 9.48. The van der Waals surface area contributed by atoms with Crippen molar-refractivity contribution in [3.63, 3.8) is 0 Å². The van der Waals surface area contributed by atoms with Gasteiger partial charge in [-0.25, -0.2) is 9.97 Å². The lowest BCUT2D eigenvalue weighted by molar-refractivity contribution is 0.764. The molecule has 2 aromatic rings. The Morgan fingerprint density at radius 3 is 3.00 bits per heavy atom. The van der Waals surface area contributed by atoms with Crippen molar-refractivity contribution >= 4 is 5.82 Å². The van der Waals surface area contributed by atoms with Crippen LogP contribution in [0.1, 0.15) is 16.7 Å². The largest absolute Gasteiger partial charge is 0.366 e. The van der Waals surface area contributed by atoms with Crippen molar-refractivity contribution in [2.24, 2.45) is 0 Å². The fourth-order valence-electron chi connectivity index (χ4n) is 2.05. The van der Waals surface area contributed by atoms with Crippen molar-refractivity contribution < 1.29 is 0 Å². The molecular weight excluding hydrogens is 212 g/mol. The minimum absolute atomic E-state index is 0.796. The van der Waals surface area contributed by atoms with Gasteiger partial charge in [0.25, 0.3) is 0 Å². The maximum Gasteiger partial charge on any atom is 0.129 e. The van der Waals surface area contributed by atoms with Gasteiger partial charge in [-0.15, -0.1) is 0 Å². The van der Waals surface area contributed by atoms with Gasteiger partial charge in [-0.1, -0.05) is 18.2 Å². The van der Waals surface area contributed by atoms with Crippen molar-refractivity contribution in [2.75, 3.05) is 5.32 Å². The molecule has 1 aliphatic rings. The van der Waals surface area contributed by atoms with Gasteiger partial charge in [0.1, 0.15) is 12.1 Å². The van der Waals surface area contributed by atoms with Gasteiger partial charge in [-0.3, -0.25) is 0 Å². The second-order valence-corrected chi connectivity index (χ2v) is 4.15. The van der Waals surface area contributed by atoms with E-state index in [-0.39, 0.29) is 0 Å². The second kappa shape index (κ2) is 4.51. The Morgan fingerprint density at radius 1 is 1.18 bits per heavy atom. The molecule has 0 unspecified atom stereocenters. The van der Waals surface area contributed by atoms with Gasteiger partial charge in [-0.2, -0.15) is 0 Å². The third-order valence-corrected chi connectivity index (χ3v) is 2.96. The van der Waals surface area contributed by atoms with E-state index in [1.165, 1.54) is 16.7 Å². The first-order chi connectivity index (χ1) is 8.42. The van der Waals surface area contributed by atoms with Crippen molar-refractivity contribution in [1.29, 1.82) is 0 Å². The van der Waals surface area contributed by atoms with E-state index in [4.69, 9.17) is 0 Å². The van der Waals surface area contributed by atoms with Gasteiger partial charge in [-0.05, 0) is 22.8 Å². The van der Waals surface area contributed by atoms with Crippen LogP contribution in [0.5, 0.6) is 0 Å². The Kier molecular flexibility index (Phi) is 2.71. The number of hydrogen-bond donors (Lipinski definition) is 2. The quantitative estimate of drug-likeness (QED) is 0.836. The topological polar surface area (TPSA) is 49.8 Å². The summed E-state index contributed by atoms with van der Waals surface area (Å²) in [5.74, 6) is 0.860. The lowest BCUT2D eigenvalue weighted by atomic mass is 10.1. The fourth-order valence-corrected chi connectivity index (χ4v) is 2.05. The number of nitrogens with zero attached hydrogens (tertiary/aromatic N) is 2. The van der Waals surface area contributed by atoms with Crippen LogP contribution in [0.2, 0.25) is 0 Å². The highest BCUT2D eigenvalue weighted by atomic mass is 15.0. The molecule has 86 valence electrons.